The third-order valence-electron chi connectivity index (χ3n) is 4.83. The van der Waals surface area contributed by atoms with Crippen LogP contribution in [0.1, 0.15) is 22.5 Å². The Kier molecular flexibility index (Phi) is 5.56. The van der Waals surface area contributed by atoms with Crippen molar-refractivity contribution in [2.45, 2.75) is 26.7 Å². The molecule has 2 aromatic carbocycles. The number of nitrogens with one attached hydrogen (secondary N) is 2. The second-order valence-corrected chi connectivity index (χ2v) is 6.64. The van der Waals surface area contributed by atoms with E-state index in [2.05, 4.69) is 53.0 Å². The molecule has 0 fully saturated rings. The minimum Gasteiger partial charge on any atom is -0.338 e. The molecule has 26 heavy (non-hydrogen) atoms. The molecule has 5 nitrogen and oxygen atoms in total. The van der Waals surface area contributed by atoms with E-state index in [1.165, 1.54) is 21.9 Å². The molecule has 2 amide bonds. The maximum Gasteiger partial charge on any atom is 0.314 e. The number of carbonyl (C=O) groups excluding carboxylic acids is 1. The molecule has 0 bridgehead atoms. The Morgan fingerprint density at radius 3 is 2.38 bits per heavy atom. The lowest BCUT2D eigenvalue weighted by Gasteiger charge is -2.09. The maximum atomic E-state index is 12.0. The van der Waals surface area contributed by atoms with Gasteiger partial charge < -0.3 is 10.6 Å². The Bertz CT molecular complexity index is 914. The van der Waals surface area contributed by atoms with E-state index in [0.29, 0.717) is 13.1 Å². The summed E-state index contributed by atoms with van der Waals surface area (Å²) in [4.78, 5) is 12.0. The average Bonchev–Trinajstić information content (AvgIpc) is 2.87. The number of carbonyl (C=O) groups is 1. The van der Waals surface area contributed by atoms with Gasteiger partial charge in [0.25, 0.3) is 0 Å². The van der Waals surface area contributed by atoms with Gasteiger partial charge in [-0.3, -0.25) is 4.68 Å². The fourth-order valence-corrected chi connectivity index (χ4v) is 3.26. The summed E-state index contributed by atoms with van der Waals surface area (Å²) in [6.07, 6.45) is 1.61. The molecule has 0 aliphatic carbocycles. The standard InChI is InChI=1S/C21H26N4O/c1-15-20(16(2)25(3)24-15)11-13-23-21(26)22-12-10-17-8-9-18-6-4-5-7-19(18)14-17/h4-9,14H,10-13H2,1-3H3,(H2,22,23,26). The highest BCUT2D eigenvalue weighted by molar-refractivity contribution is 5.83. The normalized spacial score (nSPS) is 10.9. The Labute approximate surface area is 154 Å². The first kappa shape index (κ1) is 18.0. The number of benzene rings is 2. The molecule has 136 valence electrons. The number of aromatic nitrogens is 2. The van der Waals surface area contributed by atoms with Gasteiger partial charge in [-0.05, 0) is 48.6 Å². The van der Waals surface area contributed by atoms with Crippen molar-refractivity contribution in [3.05, 3.63) is 65.0 Å². The predicted molar refractivity (Wildman–Crippen MR) is 105 cm³/mol. The van der Waals surface area contributed by atoms with Crippen LogP contribution in [0.15, 0.2) is 42.5 Å². The lowest BCUT2D eigenvalue weighted by Crippen LogP contribution is -2.37. The Balaban J connectivity index is 1.42. The van der Waals surface area contributed by atoms with E-state index in [1.807, 2.05) is 30.8 Å². The van der Waals surface area contributed by atoms with Crippen molar-refractivity contribution in [2.75, 3.05) is 13.1 Å². The van der Waals surface area contributed by atoms with Crippen LogP contribution in [-0.4, -0.2) is 28.9 Å². The molecule has 1 aromatic heterocycles. The Morgan fingerprint density at radius 1 is 1.00 bits per heavy atom. The van der Waals surface area contributed by atoms with Crippen molar-refractivity contribution in [3.8, 4) is 0 Å². The van der Waals surface area contributed by atoms with Crippen LogP contribution in [0.5, 0.6) is 0 Å². The van der Waals surface area contributed by atoms with Crippen LogP contribution in [0.2, 0.25) is 0 Å². The zero-order valence-corrected chi connectivity index (χ0v) is 15.7. The van der Waals surface area contributed by atoms with E-state index in [0.717, 1.165) is 24.2 Å². The average molecular weight is 350 g/mol. The van der Waals surface area contributed by atoms with Gasteiger partial charge in [0.1, 0.15) is 0 Å². The summed E-state index contributed by atoms with van der Waals surface area (Å²) in [5, 5.41) is 12.7. The summed E-state index contributed by atoms with van der Waals surface area (Å²) >= 11 is 0. The molecule has 3 aromatic rings. The van der Waals surface area contributed by atoms with Gasteiger partial charge >= 0.3 is 6.03 Å². The van der Waals surface area contributed by atoms with Crippen molar-refractivity contribution in [1.29, 1.82) is 0 Å². The molecule has 5 heteroatoms. The molecular weight excluding hydrogens is 324 g/mol. The first-order valence-electron chi connectivity index (χ1n) is 9.03. The second kappa shape index (κ2) is 8.04. The number of fused-ring (bicyclic) bond motifs is 1. The highest BCUT2D eigenvalue weighted by atomic mass is 16.2. The van der Waals surface area contributed by atoms with E-state index in [4.69, 9.17) is 0 Å². The molecule has 3 rings (SSSR count). The third kappa shape index (κ3) is 4.23. The van der Waals surface area contributed by atoms with Gasteiger partial charge in [-0.25, -0.2) is 4.79 Å². The number of rotatable bonds is 6. The summed E-state index contributed by atoms with van der Waals surface area (Å²) in [6, 6.07) is 14.6. The van der Waals surface area contributed by atoms with Gasteiger partial charge in [-0.15, -0.1) is 0 Å². The monoisotopic (exact) mass is 350 g/mol. The van der Waals surface area contributed by atoms with Gasteiger partial charge in [0.05, 0.1) is 5.69 Å². The highest BCUT2D eigenvalue weighted by Crippen LogP contribution is 2.15. The molecule has 0 aliphatic rings. The number of urea groups is 1. The van der Waals surface area contributed by atoms with E-state index < -0.39 is 0 Å². The molecular formula is C21H26N4O. The van der Waals surface area contributed by atoms with Gasteiger partial charge in [0, 0.05) is 25.8 Å². The number of hydrogen-bond donors (Lipinski definition) is 2. The molecule has 0 unspecified atom stereocenters. The quantitative estimate of drug-likeness (QED) is 0.717. The van der Waals surface area contributed by atoms with E-state index in [9.17, 15) is 4.79 Å². The molecule has 0 radical (unpaired) electrons. The van der Waals surface area contributed by atoms with Crippen LogP contribution < -0.4 is 10.6 Å². The lowest BCUT2D eigenvalue weighted by atomic mass is 10.1. The minimum absolute atomic E-state index is 0.120. The van der Waals surface area contributed by atoms with Crippen molar-refractivity contribution in [1.82, 2.24) is 20.4 Å². The summed E-state index contributed by atoms with van der Waals surface area (Å²) < 4.78 is 1.88. The Hall–Kier alpha value is -2.82. The third-order valence-corrected chi connectivity index (χ3v) is 4.83. The fraction of sp³-hybridized carbons (Fsp3) is 0.333. The largest absolute Gasteiger partial charge is 0.338 e. The summed E-state index contributed by atoms with van der Waals surface area (Å²) in [6.45, 7) is 5.29. The number of aryl methyl sites for hydroxylation is 2. The number of amides is 2. The van der Waals surface area contributed by atoms with Crippen LogP contribution in [0.3, 0.4) is 0 Å². The predicted octanol–water partition coefficient (Wildman–Crippen LogP) is 3.27. The molecule has 0 saturated carbocycles. The topological polar surface area (TPSA) is 59.0 Å². The van der Waals surface area contributed by atoms with Crippen molar-refractivity contribution in [3.63, 3.8) is 0 Å². The second-order valence-electron chi connectivity index (χ2n) is 6.64. The highest BCUT2D eigenvalue weighted by Gasteiger charge is 2.09. The smallest absolute Gasteiger partial charge is 0.314 e. The zero-order valence-electron chi connectivity index (χ0n) is 15.7. The molecule has 0 spiro atoms. The Morgan fingerprint density at radius 2 is 1.69 bits per heavy atom. The molecule has 1 heterocycles. The van der Waals surface area contributed by atoms with E-state index in [-0.39, 0.29) is 6.03 Å². The maximum absolute atomic E-state index is 12.0. The SMILES string of the molecule is Cc1nn(C)c(C)c1CCNC(=O)NCCc1ccc2ccccc2c1. The van der Waals surface area contributed by atoms with Crippen LogP contribution >= 0.6 is 0 Å². The number of hydrogen-bond acceptors (Lipinski definition) is 2. The summed E-state index contributed by atoms with van der Waals surface area (Å²) in [5.41, 5.74) is 4.62. The lowest BCUT2D eigenvalue weighted by molar-refractivity contribution is 0.241. The van der Waals surface area contributed by atoms with E-state index in [1.54, 1.807) is 0 Å². The van der Waals surface area contributed by atoms with Gasteiger partial charge in [0.2, 0.25) is 0 Å². The van der Waals surface area contributed by atoms with Crippen LogP contribution in [0.25, 0.3) is 10.8 Å². The van der Waals surface area contributed by atoms with Crippen LogP contribution in [-0.2, 0) is 19.9 Å². The zero-order chi connectivity index (χ0) is 18.5. The van der Waals surface area contributed by atoms with Gasteiger partial charge in [0.15, 0.2) is 0 Å². The van der Waals surface area contributed by atoms with Gasteiger partial charge in [-0.2, -0.15) is 5.10 Å². The first-order valence-corrected chi connectivity index (χ1v) is 9.03. The number of nitrogens with zero attached hydrogens (tertiary/aromatic N) is 2. The van der Waals surface area contributed by atoms with Crippen LogP contribution in [0, 0.1) is 13.8 Å². The minimum atomic E-state index is -0.120. The summed E-state index contributed by atoms with van der Waals surface area (Å²) in [7, 11) is 1.94. The van der Waals surface area contributed by atoms with Crippen molar-refractivity contribution >= 4 is 16.8 Å². The molecule has 0 atom stereocenters. The van der Waals surface area contributed by atoms with E-state index >= 15 is 0 Å². The fourth-order valence-electron chi connectivity index (χ4n) is 3.26. The van der Waals surface area contributed by atoms with Crippen molar-refractivity contribution in [2.24, 2.45) is 7.05 Å². The van der Waals surface area contributed by atoms with Crippen LogP contribution in [0.4, 0.5) is 4.79 Å². The molecule has 0 saturated heterocycles. The van der Waals surface area contributed by atoms with Gasteiger partial charge in [-0.1, -0.05) is 42.5 Å². The summed E-state index contributed by atoms with van der Waals surface area (Å²) in [5.74, 6) is 0. The molecule has 2 N–H and O–H groups in total. The first-order chi connectivity index (χ1) is 12.5. The molecule has 0 aliphatic heterocycles. The van der Waals surface area contributed by atoms with Crippen molar-refractivity contribution < 1.29 is 4.79 Å².